The van der Waals surface area contributed by atoms with Crippen LogP contribution in [0.3, 0.4) is 0 Å². The van der Waals surface area contributed by atoms with Crippen LogP contribution in [0.2, 0.25) is 0 Å². The molecule has 1 saturated heterocycles. The zero-order chi connectivity index (χ0) is 16.5. The molecular weight excluding hydrogens is 308 g/mol. The summed E-state index contributed by atoms with van der Waals surface area (Å²) in [4.78, 5) is 14.6. The van der Waals surface area contributed by atoms with Crippen LogP contribution < -0.4 is 9.47 Å². The first-order valence-electron chi connectivity index (χ1n) is 8.25. The minimum atomic E-state index is 0.0448. The lowest BCUT2D eigenvalue weighted by Gasteiger charge is -2.31. The van der Waals surface area contributed by atoms with E-state index in [1.54, 1.807) is 12.4 Å². The Morgan fingerprint density at radius 2 is 1.92 bits per heavy atom. The molecule has 7 heteroatoms. The second-order valence-electron chi connectivity index (χ2n) is 6.22. The number of benzene rings is 1. The van der Waals surface area contributed by atoms with Crippen LogP contribution in [-0.4, -0.2) is 51.9 Å². The molecular formula is C17H20N4O3. The normalized spacial score (nSPS) is 17.8. The molecule has 0 radical (unpaired) electrons. The van der Waals surface area contributed by atoms with Gasteiger partial charge in [0.15, 0.2) is 11.5 Å². The van der Waals surface area contributed by atoms with Crippen molar-refractivity contribution >= 4 is 5.91 Å². The summed E-state index contributed by atoms with van der Waals surface area (Å²) in [6.45, 7) is 2.53. The average molecular weight is 328 g/mol. The Morgan fingerprint density at radius 3 is 2.62 bits per heavy atom. The molecule has 2 aromatic rings. The summed E-state index contributed by atoms with van der Waals surface area (Å²) in [7, 11) is 1.96. The second-order valence-corrected chi connectivity index (χ2v) is 6.22. The van der Waals surface area contributed by atoms with Crippen molar-refractivity contribution in [3.05, 3.63) is 35.9 Å². The highest BCUT2D eigenvalue weighted by atomic mass is 16.6. The maximum atomic E-state index is 12.7. The van der Waals surface area contributed by atoms with E-state index in [1.165, 1.54) is 0 Å². The van der Waals surface area contributed by atoms with E-state index in [1.807, 2.05) is 28.6 Å². The number of aromatic nitrogens is 3. The fourth-order valence-corrected chi connectivity index (χ4v) is 3.36. The van der Waals surface area contributed by atoms with Gasteiger partial charge in [0.1, 0.15) is 25.4 Å². The van der Waals surface area contributed by atoms with Crippen LogP contribution in [0.4, 0.5) is 0 Å². The number of carbonyl (C=O) groups excluding carboxylic acids is 1. The van der Waals surface area contributed by atoms with Crippen LogP contribution in [0.5, 0.6) is 11.5 Å². The third-order valence-electron chi connectivity index (χ3n) is 4.68. The Morgan fingerprint density at radius 1 is 1.17 bits per heavy atom. The minimum absolute atomic E-state index is 0.0448. The molecule has 1 aromatic carbocycles. The van der Waals surface area contributed by atoms with E-state index < -0.39 is 0 Å². The first-order chi connectivity index (χ1) is 11.7. The Labute approximate surface area is 140 Å². The predicted molar refractivity (Wildman–Crippen MR) is 86.3 cm³/mol. The second kappa shape index (κ2) is 6.14. The number of piperidine rings is 1. The Bertz CT molecular complexity index is 750. The molecule has 24 heavy (non-hydrogen) atoms. The fourth-order valence-electron chi connectivity index (χ4n) is 3.36. The summed E-state index contributed by atoms with van der Waals surface area (Å²) in [6.07, 6.45) is 3.54. The molecule has 2 aliphatic heterocycles. The number of nitrogens with zero attached hydrogens (tertiary/aromatic N) is 4. The van der Waals surface area contributed by atoms with E-state index in [0.717, 1.165) is 31.8 Å². The quantitative estimate of drug-likeness (QED) is 0.838. The van der Waals surface area contributed by atoms with Crippen LogP contribution in [0.1, 0.15) is 34.9 Å². The van der Waals surface area contributed by atoms with Crippen molar-refractivity contribution < 1.29 is 14.3 Å². The SMILES string of the molecule is Cn1cnnc1C1CCN(C(=O)c2ccc3c(c2)OCCO3)CC1. The third-order valence-corrected chi connectivity index (χ3v) is 4.68. The van der Waals surface area contributed by atoms with E-state index in [9.17, 15) is 4.79 Å². The number of hydrogen-bond donors (Lipinski definition) is 0. The number of rotatable bonds is 2. The zero-order valence-electron chi connectivity index (χ0n) is 13.6. The van der Waals surface area contributed by atoms with Gasteiger partial charge in [-0.2, -0.15) is 0 Å². The van der Waals surface area contributed by atoms with Gasteiger partial charge in [-0.05, 0) is 31.0 Å². The van der Waals surface area contributed by atoms with E-state index in [4.69, 9.17) is 9.47 Å². The molecule has 2 aliphatic rings. The third kappa shape index (κ3) is 2.70. The molecule has 4 rings (SSSR count). The molecule has 0 atom stereocenters. The summed E-state index contributed by atoms with van der Waals surface area (Å²) in [6, 6.07) is 5.41. The highest BCUT2D eigenvalue weighted by molar-refractivity contribution is 5.95. The lowest BCUT2D eigenvalue weighted by atomic mass is 9.95. The van der Waals surface area contributed by atoms with Gasteiger partial charge >= 0.3 is 0 Å². The first-order valence-corrected chi connectivity index (χ1v) is 8.25. The summed E-state index contributed by atoms with van der Waals surface area (Å²) in [5.74, 6) is 2.77. The summed E-state index contributed by atoms with van der Waals surface area (Å²) in [5, 5.41) is 8.14. The topological polar surface area (TPSA) is 69.5 Å². The van der Waals surface area contributed by atoms with Crippen molar-refractivity contribution in [1.82, 2.24) is 19.7 Å². The number of ether oxygens (including phenoxy) is 2. The molecule has 1 amide bonds. The highest BCUT2D eigenvalue weighted by Gasteiger charge is 2.27. The van der Waals surface area contributed by atoms with Crippen molar-refractivity contribution in [2.45, 2.75) is 18.8 Å². The summed E-state index contributed by atoms with van der Waals surface area (Å²) >= 11 is 0. The molecule has 0 unspecified atom stereocenters. The van der Waals surface area contributed by atoms with Crippen LogP contribution >= 0.6 is 0 Å². The monoisotopic (exact) mass is 328 g/mol. The standard InChI is InChI=1S/C17H20N4O3/c1-20-11-18-19-16(20)12-4-6-21(7-5-12)17(22)13-2-3-14-15(10-13)24-9-8-23-14/h2-3,10-12H,4-9H2,1H3. The van der Waals surface area contributed by atoms with Gasteiger partial charge in [0, 0.05) is 31.6 Å². The van der Waals surface area contributed by atoms with Gasteiger partial charge < -0.3 is 18.9 Å². The average Bonchev–Trinajstić information content (AvgIpc) is 3.07. The molecule has 0 saturated carbocycles. The zero-order valence-corrected chi connectivity index (χ0v) is 13.6. The Balaban J connectivity index is 1.44. The van der Waals surface area contributed by atoms with Crippen LogP contribution in [0, 0.1) is 0 Å². The lowest BCUT2D eigenvalue weighted by molar-refractivity contribution is 0.0709. The van der Waals surface area contributed by atoms with Gasteiger partial charge in [0.25, 0.3) is 5.91 Å². The first kappa shape index (κ1) is 15.0. The molecule has 3 heterocycles. The smallest absolute Gasteiger partial charge is 0.253 e. The van der Waals surface area contributed by atoms with E-state index in [-0.39, 0.29) is 5.91 Å². The number of carbonyl (C=O) groups is 1. The number of fused-ring (bicyclic) bond motifs is 1. The number of likely N-dealkylation sites (tertiary alicyclic amines) is 1. The van der Waals surface area contributed by atoms with Crippen LogP contribution in [0.15, 0.2) is 24.5 Å². The van der Waals surface area contributed by atoms with Gasteiger partial charge in [0.2, 0.25) is 0 Å². The van der Waals surface area contributed by atoms with Gasteiger partial charge in [0.05, 0.1) is 0 Å². The molecule has 1 aromatic heterocycles. The molecule has 0 aliphatic carbocycles. The van der Waals surface area contributed by atoms with Crippen LogP contribution in [-0.2, 0) is 7.05 Å². The minimum Gasteiger partial charge on any atom is -0.486 e. The number of amides is 1. The molecule has 0 N–H and O–H groups in total. The van der Waals surface area contributed by atoms with Crippen LogP contribution in [0.25, 0.3) is 0 Å². The van der Waals surface area contributed by atoms with Crippen molar-refractivity contribution in [2.24, 2.45) is 7.05 Å². The van der Waals surface area contributed by atoms with Gasteiger partial charge in [-0.3, -0.25) is 4.79 Å². The summed E-state index contributed by atoms with van der Waals surface area (Å²) < 4.78 is 13.0. The molecule has 1 fully saturated rings. The largest absolute Gasteiger partial charge is 0.486 e. The van der Waals surface area contributed by atoms with Crippen molar-refractivity contribution in [2.75, 3.05) is 26.3 Å². The highest BCUT2D eigenvalue weighted by Crippen LogP contribution is 2.32. The van der Waals surface area contributed by atoms with Gasteiger partial charge in [-0.1, -0.05) is 0 Å². The maximum Gasteiger partial charge on any atom is 0.253 e. The number of aryl methyl sites for hydroxylation is 1. The predicted octanol–water partition coefficient (Wildman–Crippen LogP) is 1.61. The Kier molecular flexibility index (Phi) is 3.84. The van der Waals surface area contributed by atoms with Gasteiger partial charge in [-0.15, -0.1) is 10.2 Å². The van der Waals surface area contributed by atoms with Crippen molar-refractivity contribution in [1.29, 1.82) is 0 Å². The van der Waals surface area contributed by atoms with E-state index in [0.29, 0.717) is 36.2 Å². The molecule has 7 nitrogen and oxygen atoms in total. The fraction of sp³-hybridized carbons (Fsp3) is 0.471. The molecule has 126 valence electrons. The van der Waals surface area contributed by atoms with E-state index >= 15 is 0 Å². The number of hydrogen-bond acceptors (Lipinski definition) is 5. The van der Waals surface area contributed by atoms with E-state index in [2.05, 4.69) is 10.2 Å². The van der Waals surface area contributed by atoms with Crippen molar-refractivity contribution in [3.63, 3.8) is 0 Å². The summed E-state index contributed by atoms with van der Waals surface area (Å²) in [5.41, 5.74) is 0.649. The lowest BCUT2D eigenvalue weighted by Crippen LogP contribution is -2.38. The van der Waals surface area contributed by atoms with Crippen molar-refractivity contribution in [3.8, 4) is 11.5 Å². The maximum absolute atomic E-state index is 12.7. The molecule has 0 bridgehead atoms. The molecule has 0 spiro atoms. The van der Waals surface area contributed by atoms with Gasteiger partial charge in [-0.25, -0.2) is 0 Å². The Hall–Kier alpha value is -2.57.